The molecule has 4 rings (SSSR count). The summed E-state index contributed by atoms with van der Waals surface area (Å²) < 4.78 is 6.65. The highest BCUT2D eigenvalue weighted by Crippen LogP contribution is 2.43. The van der Waals surface area contributed by atoms with Crippen LogP contribution in [0.4, 0.5) is 11.8 Å². The van der Waals surface area contributed by atoms with Crippen LogP contribution in [0.5, 0.6) is 0 Å². The van der Waals surface area contributed by atoms with Gasteiger partial charge >= 0.3 is 0 Å². The normalized spacial score (nSPS) is 23.6. The number of aliphatic hydroxyl groups excluding tert-OH is 1. The second-order valence-electron chi connectivity index (χ2n) is 8.85. The van der Waals surface area contributed by atoms with E-state index in [1.807, 2.05) is 25.1 Å². The van der Waals surface area contributed by atoms with E-state index >= 15 is 0 Å². The van der Waals surface area contributed by atoms with Gasteiger partial charge in [-0.2, -0.15) is 4.98 Å². The van der Waals surface area contributed by atoms with Gasteiger partial charge in [0, 0.05) is 37.2 Å². The minimum absolute atomic E-state index is 0.0430. The summed E-state index contributed by atoms with van der Waals surface area (Å²) in [5.41, 5.74) is 9.08. The summed E-state index contributed by atoms with van der Waals surface area (Å²) in [6.07, 6.45) is 5.99. The third-order valence-electron chi connectivity index (χ3n) is 6.62. The Morgan fingerprint density at radius 3 is 2.63 bits per heavy atom. The van der Waals surface area contributed by atoms with E-state index in [-0.39, 0.29) is 17.8 Å². The molecule has 2 aromatic rings. The third kappa shape index (κ3) is 4.44. The van der Waals surface area contributed by atoms with Gasteiger partial charge in [0.25, 0.3) is 0 Å². The van der Waals surface area contributed by atoms with Gasteiger partial charge in [0.1, 0.15) is 5.82 Å². The van der Waals surface area contributed by atoms with Crippen LogP contribution in [-0.4, -0.2) is 39.9 Å². The first-order chi connectivity index (χ1) is 14.5. The first-order valence-corrected chi connectivity index (χ1v) is 11.3. The summed E-state index contributed by atoms with van der Waals surface area (Å²) in [7, 11) is 0. The Morgan fingerprint density at radius 2 is 1.93 bits per heavy atom. The van der Waals surface area contributed by atoms with E-state index in [2.05, 4.69) is 33.9 Å². The number of nitrogen functional groups attached to an aromatic ring is 1. The van der Waals surface area contributed by atoms with Crippen LogP contribution in [0.25, 0.3) is 0 Å². The fourth-order valence-corrected chi connectivity index (χ4v) is 4.99. The molecule has 162 valence electrons. The molecule has 0 unspecified atom stereocenters. The Bertz CT molecular complexity index is 850. The first-order valence-electron chi connectivity index (χ1n) is 11.3. The summed E-state index contributed by atoms with van der Waals surface area (Å²) in [4.78, 5) is 11.4. The average molecular weight is 411 g/mol. The summed E-state index contributed by atoms with van der Waals surface area (Å²) in [5.74, 6) is 1.33. The molecule has 3 heterocycles. The molecule has 2 aliphatic rings. The van der Waals surface area contributed by atoms with Crippen molar-refractivity contribution in [1.82, 2.24) is 9.97 Å². The highest BCUT2D eigenvalue weighted by atomic mass is 16.5. The maximum Gasteiger partial charge on any atom is 0.222 e. The van der Waals surface area contributed by atoms with Crippen LogP contribution in [0.15, 0.2) is 30.3 Å². The van der Waals surface area contributed by atoms with Gasteiger partial charge in [0.2, 0.25) is 5.95 Å². The Hall–Kier alpha value is -2.18. The number of hydrogen-bond acceptors (Lipinski definition) is 6. The molecule has 0 radical (unpaired) electrons. The SMILES string of the molecule is CCCCc1c(C)nc(N)nc1N1CCC2(CC1)C[C@H](O)C[C@H](c1ccccc1)O2. The molecule has 0 amide bonds. The van der Waals surface area contributed by atoms with Crippen LogP contribution >= 0.6 is 0 Å². The zero-order valence-electron chi connectivity index (χ0n) is 18.2. The maximum atomic E-state index is 10.6. The molecule has 6 heteroatoms. The number of benzene rings is 1. The van der Waals surface area contributed by atoms with Gasteiger partial charge in [-0.15, -0.1) is 0 Å². The summed E-state index contributed by atoms with van der Waals surface area (Å²) in [6.45, 7) is 5.93. The van der Waals surface area contributed by atoms with Crippen LogP contribution in [0.3, 0.4) is 0 Å². The highest BCUT2D eigenvalue weighted by Gasteiger charge is 2.44. The predicted octanol–water partition coefficient (Wildman–Crippen LogP) is 3.96. The molecular formula is C24H34N4O2. The lowest BCUT2D eigenvalue weighted by molar-refractivity contribution is -0.173. The number of anilines is 2. The molecule has 1 spiro atoms. The van der Waals surface area contributed by atoms with Crippen LogP contribution in [0.1, 0.15) is 68.4 Å². The van der Waals surface area contributed by atoms with Crippen molar-refractivity contribution in [2.24, 2.45) is 0 Å². The Morgan fingerprint density at radius 1 is 1.20 bits per heavy atom. The molecule has 3 N–H and O–H groups in total. The topological polar surface area (TPSA) is 84.5 Å². The number of hydrogen-bond donors (Lipinski definition) is 2. The zero-order valence-corrected chi connectivity index (χ0v) is 18.2. The molecule has 0 bridgehead atoms. The minimum Gasteiger partial charge on any atom is -0.393 e. The number of aryl methyl sites for hydroxylation is 1. The maximum absolute atomic E-state index is 10.6. The molecule has 1 aromatic heterocycles. The van der Waals surface area contributed by atoms with Crippen LogP contribution < -0.4 is 10.6 Å². The third-order valence-corrected chi connectivity index (χ3v) is 6.62. The van der Waals surface area contributed by atoms with E-state index < -0.39 is 0 Å². The number of unbranched alkanes of at least 4 members (excludes halogenated alkanes) is 1. The van der Waals surface area contributed by atoms with Crippen molar-refractivity contribution in [2.75, 3.05) is 23.7 Å². The molecule has 6 nitrogen and oxygen atoms in total. The lowest BCUT2D eigenvalue weighted by atomic mass is 9.81. The Balaban J connectivity index is 1.51. The number of nitrogens with zero attached hydrogens (tertiary/aromatic N) is 3. The van der Waals surface area contributed by atoms with Gasteiger partial charge in [0.05, 0.1) is 17.8 Å². The number of ether oxygens (including phenoxy) is 1. The van der Waals surface area contributed by atoms with Crippen molar-refractivity contribution in [3.63, 3.8) is 0 Å². The molecular weight excluding hydrogens is 376 g/mol. The zero-order chi connectivity index (χ0) is 21.1. The lowest BCUT2D eigenvalue weighted by Crippen LogP contribution is -2.51. The van der Waals surface area contributed by atoms with Crippen molar-refractivity contribution in [2.45, 2.75) is 76.6 Å². The van der Waals surface area contributed by atoms with Gasteiger partial charge in [-0.3, -0.25) is 0 Å². The highest BCUT2D eigenvalue weighted by molar-refractivity contribution is 5.52. The van der Waals surface area contributed by atoms with Gasteiger partial charge in [0.15, 0.2) is 0 Å². The van der Waals surface area contributed by atoms with Crippen LogP contribution in [0, 0.1) is 6.92 Å². The second-order valence-corrected chi connectivity index (χ2v) is 8.85. The lowest BCUT2D eigenvalue weighted by Gasteiger charge is -2.48. The Labute approximate surface area is 179 Å². The smallest absolute Gasteiger partial charge is 0.222 e. The summed E-state index contributed by atoms with van der Waals surface area (Å²) >= 11 is 0. The van der Waals surface area contributed by atoms with Gasteiger partial charge in [-0.05, 0) is 38.2 Å². The second kappa shape index (κ2) is 8.90. The van der Waals surface area contributed by atoms with E-state index in [1.54, 1.807) is 0 Å². The van der Waals surface area contributed by atoms with Crippen molar-refractivity contribution < 1.29 is 9.84 Å². The van der Waals surface area contributed by atoms with Crippen molar-refractivity contribution in [1.29, 1.82) is 0 Å². The van der Waals surface area contributed by atoms with Crippen molar-refractivity contribution in [3.8, 4) is 0 Å². The van der Waals surface area contributed by atoms with Crippen molar-refractivity contribution in [3.05, 3.63) is 47.2 Å². The standard InChI is InChI=1S/C24H34N4O2/c1-3-4-10-20-17(2)26-23(25)27-22(20)28-13-11-24(12-14-28)16-19(29)15-21(30-24)18-8-6-5-7-9-18/h5-9,19,21,29H,3-4,10-16H2,1-2H3,(H2,25,26,27)/t19-,21-/m1/s1. The molecule has 0 saturated carbocycles. The number of aliphatic hydroxyl groups is 1. The molecule has 0 aliphatic carbocycles. The van der Waals surface area contributed by atoms with E-state index in [0.717, 1.165) is 62.3 Å². The van der Waals surface area contributed by atoms with E-state index in [1.165, 1.54) is 5.56 Å². The van der Waals surface area contributed by atoms with E-state index in [4.69, 9.17) is 10.5 Å². The fraction of sp³-hybridized carbons (Fsp3) is 0.583. The van der Waals surface area contributed by atoms with E-state index in [0.29, 0.717) is 18.8 Å². The summed E-state index contributed by atoms with van der Waals surface area (Å²) in [5, 5.41) is 10.6. The quantitative estimate of drug-likeness (QED) is 0.776. The number of rotatable bonds is 5. The fourth-order valence-electron chi connectivity index (χ4n) is 4.99. The first kappa shape index (κ1) is 21.1. The molecule has 2 fully saturated rings. The van der Waals surface area contributed by atoms with Gasteiger partial charge < -0.3 is 20.5 Å². The number of nitrogens with two attached hydrogens (primary N) is 1. The van der Waals surface area contributed by atoms with Crippen molar-refractivity contribution >= 4 is 11.8 Å². The average Bonchev–Trinajstić information content (AvgIpc) is 2.73. The van der Waals surface area contributed by atoms with Crippen LogP contribution in [0.2, 0.25) is 0 Å². The minimum atomic E-state index is -0.326. The molecule has 1 aromatic carbocycles. The molecule has 2 atom stereocenters. The van der Waals surface area contributed by atoms with Gasteiger partial charge in [-0.1, -0.05) is 43.7 Å². The largest absolute Gasteiger partial charge is 0.393 e. The molecule has 30 heavy (non-hydrogen) atoms. The van der Waals surface area contributed by atoms with Gasteiger partial charge in [-0.25, -0.2) is 4.98 Å². The van der Waals surface area contributed by atoms with E-state index in [9.17, 15) is 5.11 Å². The van der Waals surface area contributed by atoms with Crippen LogP contribution in [-0.2, 0) is 11.2 Å². The molecule has 2 aliphatic heterocycles. The molecule has 2 saturated heterocycles. The number of piperidine rings is 1. The summed E-state index contributed by atoms with van der Waals surface area (Å²) in [6, 6.07) is 10.3. The number of aromatic nitrogens is 2. The Kier molecular flexibility index (Phi) is 6.25. The monoisotopic (exact) mass is 410 g/mol. The predicted molar refractivity (Wildman–Crippen MR) is 119 cm³/mol.